The maximum atomic E-state index is 10.4. The van der Waals surface area contributed by atoms with E-state index in [0.29, 0.717) is 5.69 Å². The molecule has 0 unspecified atom stereocenters. The summed E-state index contributed by atoms with van der Waals surface area (Å²) >= 11 is 0. The molecule has 76 valence electrons. The molecule has 15 heavy (non-hydrogen) atoms. The molecule has 0 fully saturated rings. The molecule has 0 saturated carbocycles. The van der Waals surface area contributed by atoms with E-state index in [0.717, 1.165) is 5.69 Å². The summed E-state index contributed by atoms with van der Waals surface area (Å²) in [5.41, 5.74) is 1.57. The first-order valence-electron chi connectivity index (χ1n) is 4.40. The zero-order valence-corrected chi connectivity index (χ0v) is 7.81. The molecule has 0 radical (unpaired) electrons. The summed E-state index contributed by atoms with van der Waals surface area (Å²) in [4.78, 5) is 12.5. The largest absolute Gasteiger partial charge is 0.358 e. The molecule has 1 aromatic heterocycles. The summed E-state index contributed by atoms with van der Waals surface area (Å²) < 4.78 is 0. The monoisotopic (exact) mass is 203 g/mol. The summed E-state index contributed by atoms with van der Waals surface area (Å²) in [7, 11) is 0. The molecule has 2 N–H and O–H groups in total. The molecule has 5 heteroatoms. The maximum absolute atomic E-state index is 10.4. The number of nitrogens with zero attached hydrogens (tertiary/aromatic N) is 1. The standard InChI is InChI=1S/C10H9N3O2/c14-13(15)10-6-9(7-11-10)12-8-4-2-1-3-5-8/h1-7,11-12H. The van der Waals surface area contributed by atoms with Gasteiger partial charge >= 0.3 is 5.82 Å². The van der Waals surface area contributed by atoms with E-state index in [-0.39, 0.29) is 5.82 Å². The fraction of sp³-hybridized carbons (Fsp3) is 0. The Labute approximate surface area is 85.9 Å². The number of benzene rings is 1. The van der Waals surface area contributed by atoms with E-state index >= 15 is 0 Å². The lowest BCUT2D eigenvalue weighted by atomic mass is 10.3. The van der Waals surface area contributed by atoms with Gasteiger partial charge in [0.1, 0.15) is 6.20 Å². The highest BCUT2D eigenvalue weighted by Crippen LogP contribution is 2.20. The van der Waals surface area contributed by atoms with E-state index in [2.05, 4.69) is 10.3 Å². The van der Waals surface area contributed by atoms with Crippen molar-refractivity contribution < 1.29 is 4.92 Å². The molecule has 0 amide bonds. The molecule has 0 aliphatic heterocycles. The smallest absolute Gasteiger partial charge is 0.322 e. The fourth-order valence-electron chi connectivity index (χ4n) is 1.25. The van der Waals surface area contributed by atoms with Crippen LogP contribution in [-0.2, 0) is 0 Å². The van der Waals surface area contributed by atoms with Gasteiger partial charge in [0.25, 0.3) is 0 Å². The molecule has 0 bridgehead atoms. The van der Waals surface area contributed by atoms with Gasteiger partial charge in [-0.1, -0.05) is 18.2 Å². The van der Waals surface area contributed by atoms with Crippen molar-refractivity contribution in [2.75, 3.05) is 5.32 Å². The number of para-hydroxylation sites is 1. The van der Waals surface area contributed by atoms with Crippen molar-refractivity contribution in [2.24, 2.45) is 0 Å². The highest BCUT2D eigenvalue weighted by molar-refractivity contribution is 5.60. The Morgan fingerprint density at radius 1 is 1.20 bits per heavy atom. The van der Waals surface area contributed by atoms with Crippen LogP contribution in [0.1, 0.15) is 0 Å². The van der Waals surface area contributed by atoms with Gasteiger partial charge in [-0.15, -0.1) is 0 Å². The van der Waals surface area contributed by atoms with Gasteiger partial charge in [0.15, 0.2) is 0 Å². The maximum Gasteiger partial charge on any atom is 0.322 e. The summed E-state index contributed by atoms with van der Waals surface area (Å²) in [6.07, 6.45) is 1.56. The average Bonchev–Trinajstić information content (AvgIpc) is 2.68. The second-order valence-electron chi connectivity index (χ2n) is 3.02. The predicted molar refractivity (Wildman–Crippen MR) is 57.2 cm³/mol. The van der Waals surface area contributed by atoms with Crippen LogP contribution in [0.15, 0.2) is 42.6 Å². The molecule has 0 spiro atoms. The number of nitro groups is 1. The number of rotatable bonds is 3. The topological polar surface area (TPSA) is 71.0 Å². The fourth-order valence-corrected chi connectivity index (χ4v) is 1.25. The third kappa shape index (κ3) is 2.14. The van der Waals surface area contributed by atoms with Crippen molar-refractivity contribution in [3.8, 4) is 0 Å². The van der Waals surface area contributed by atoms with E-state index in [1.54, 1.807) is 6.20 Å². The van der Waals surface area contributed by atoms with Gasteiger partial charge in [0, 0.05) is 5.69 Å². The van der Waals surface area contributed by atoms with E-state index in [1.165, 1.54) is 6.07 Å². The number of aromatic nitrogens is 1. The molecule has 5 nitrogen and oxygen atoms in total. The highest BCUT2D eigenvalue weighted by atomic mass is 16.6. The lowest BCUT2D eigenvalue weighted by molar-refractivity contribution is -0.389. The quantitative estimate of drug-likeness (QED) is 0.595. The van der Waals surface area contributed by atoms with Crippen molar-refractivity contribution in [3.63, 3.8) is 0 Å². The van der Waals surface area contributed by atoms with Crippen LogP contribution in [0.4, 0.5) is 17.2 Å². The van der Waals surface area contributed by atoms with Gasteiger partial charge in [-0.05, 0) is 17.1 Å². The summed E-state index contributed by atoms with van der Waals surface area (Å²) in [5, 5.41) is 13.5. The van der Waals surface area contributed by atoms with Gasteiger partial charge in [-0.3, -0.25) is 0 Å². The minimum absolute atomic E-state index is 0.0200. The molecular weight excluding hydrogens is 194 g/mol. The van der Waals surface area contributed by atoms with E-state index < -0.39 is 4.92 Å². The lowest BCUT2D eigenvalue weighted by Gasteiger charge is -2.00. The number of nitrogens with one attached hydrogen (secondary N) is 2. The van der Waals surface area contributed by atoms with Crippen LogP contribution < -0.4 is 5.32 Å². The Morgan fingerprint density at radius 2 is 1.93 bits per heavy atom. The van der Waals surface area contributed by atoms with Crippen LogP contribution in [0, 0.1) is 10.1 Å². The zero-order valence-electron chi connectivity index (χ0n) is 7.81. The minimum atomic E-state index is -0.462. The Kier molecular flexibility index (Phi) is 2.37. The van der Waals surface area contributed by atoms with Gasteiger partial charge in [-0.25, -0.2) is 4.98 Å². The lowest BCUT2D eigenvalue weighted by Crippen LogP contribution is -1.87. The van der Waals surface area contributed by atoms with Gasteiger partial charge in [0.2, 0.25) is 0 Å². The molecule has 0 saturated heterocycles. The van der Waals surface area contributed by atoms with E-state index in [4.69, 9.17) is 0 Å². The SMILES string of the molecule is O=[N+]([O-])c1cc(Nc2ccccc2)c[nH]1. The Hall–Kier alpha value is -2.30. The highest BCUT2D eigenvalue weighted by Gasteiger charge is 2.06. The van der Waals surface area contributed by atoms with Gasteiger partial charge in [-0.2, -0.15) is 0 Å². The van der Waals surface area contributed by atoms with Crippen LogP contribution in [-0.4, -0.2) is 9.91 Å². The molecule has 1 heterocycles. The van der Waals surface area contributed by atoms with Crippen molar-refractivity contribution in [2.45, 2.75) is 0 Å². The van der Waals surface area contributed by atoms with Crippen LogP contribution >= 0.6 is 0 Å². The first kappa shape index (κ1) is 9.26. The first-order valence-corrected chi connectivity index (χ1v) is 4.40. The molecule has 1 aromatic carbocycles. The summed E-state index contributed by atoms with van der Waals surface area (Å²) in [5.74, 6) is -0.0200. The molecule has 0 aliphatic rings. The van der Waals surface area contributed by atoms with Crippen molar-refractivity contribution in [3.05, 3.63) is 52.7 Å². The van der Waals surface area contributed by atoms with Crippen LogP contribution in [0.3, 0.4) is 0 Å². The predicted octanol–water partition coefficient (Wildman–Crippen LogP) is 2.67. The van der Waals surface area contributed by atoms with E-state index in [9.17, 15) is 10.1 Å². The van der Waals surface area contributed by atoms with Crippen LogP contribution in [0.5, 0.6) is 0 Å². The molecule has 2 rings (SSSR count). The van der Waals surface area contributed by atoms with Crippen molar-refractivity contribution >= 4 is 17.2 Å². The van der Waals surface area contributed by atoms with Crippen molar-refractivity contribution in [1.29, 1.82) is 0 Å². The summed E-state index contributed by atoms with van der Waals surface area (Å²) in [6.45, 7) is 0. The normalized spacial score (nSPS) is 9.87. The third-order valence-electron chi connectivity index (χ3n) is 1.93. The van der Waals surface area contributed by atoms with Crippen LogP contribution in [0.25, 0.3) is 0 Å². The van der Waals surface area contributed by atoms with Crippen LogP contribution in [0.2, 0.25) is 0 Å². The molecule has 2 aromatic rings. The van der Waals surface area contributed by atoms with Gasteiger partial charge in [0.05, 0.1) is 11.8 Å². The number of H-pyrrole nitrogens is 1. The second kappa shape index (κ2) is 3.83. The Morgan fingerprint density at radius 3 is 2.53 bits per heavy atom. The second-order valence-corrected chi connectivity index (χ2v) is 3.02. The Balaban J connectivity index is 2.15. The Bertz CT molecular complexity index is 465. The van der Waals surface area contributed by atoms with Gasteiger partial charge < -0.3 is 15.4 Å². The minimum Gasteiger partial charge on any atom is -0.358 e. The molecule has 0 aliphatic carbocycles. The van der Waals surface area contributed by atoms with Crippen molar-refractivity contribution in [1.82, 2.24) is 4.98 Å². The number of hydrogen-bond donors (Lipinski definition) is 2. The van der Waals surface area contributed by atoms with E-state index in [1.807, 2.05) is 30.3 Å². The molecule has 0 atom stereocenters. The zero-order chi connectivity index (χ0) is 10.7. The molecular formula is C10H9N3O2. The summed E-state index contributed by atoms with van der Waals surface area (Å²) in [6, 6.07) is 10.9. The third-order valence-corrected chi connectivity index (χ3v) is 1.93. The average molecular weight is 203 g/mol. The first-order chi connectivity index (χ1) is 7.25. The number of anilines is 2. The number of hydrogen-bond acceptors (Lipinski definition) is 3. The number of aromatic amines is 1.